The first-order valence-electron chi connectivity index (χ1n) is 15.8. The minimum absolute atomic E-state index is 0.0692. The lowest BCUT2D eigenvalue weighted by Gasteiger charge is -2.23. The molecule has 2 amide bonds. The van der Waals surface area contributed by atoms with Crippen LogP contribution in [0.3, 0.4) is 0 Å². The van der Waals surface area contributed by atoms with E-state index < -0.39 is 20.5 Å². The first kappa shape index (κ1) is 40.5. The Morgan fingerprint density at radius 3 is 1.67 bits per heavy atom. The molecule has 0 aliphatic carbocycles. The van der Waals surface area contributed by atoms with Crippen LogP contribution >= 0.6 is 0 Å². The number of ketones is 1. The predicted molar refractivity (Wildman–Crippen MR) is 172 cm³/mol. The van der Waals surface area contributed by atoms with Gasteiger partial charge in [-0.1, -0.05) is 64.5 Å². The highest BCUT2D eigenvalue weighted by Gasteiger charge is 2.27. The minimum atomic E-state index is -1.94. The van der Waals surface area contributed by atoms with Crippen LogP contribution in [0, 0.1) is 0 Å². The number of nitrogens with one attached hydrogen (secondary N) is 1. The summed E-state index contributed by atoms with van der Waals surface area (Å²) >= 11 is 0. The Morgan fingerprint density at radius 2 is 1.14 bits per heavy atom. The normalized spacial score (nSPS) is 11.1. The van der Waals surface area contributed by atoms with Gasteiger partial charge in [-0.3, -0.25) is 4.79 Å². The van der Waals surface area contributed by atoms with Crippen LogP contribution in [0.15, 0.2) is 24.3 Å². The summed E-state index contributed by atoms with van der Waals surface area (Å²) in [7, 11) is 1.54. The number of carbonyl (C=O) groups excluding carboxylic acids is 4. The Balaban J connectivity index is 4.37. The van der Waals surface area contributed by atoms with Gasteiger partial charge in [0.15, 0.2) is 0 Å². The number of amides is 2. The van der Waals surface area contributed by atoms with Gasteiger partial charge in [0.1, 0.15) is 12.4 Å². The average molecular weight is 627 g/mol. The fourth-order valence-corrected chi connectivity index (χ4v) is 5.74. The van der Waals surface area contributed by atoms with E-state index in [9.17, 15) is 19.2 Å². The van der Waals surface area contributed by atoms with Crippen LogP contribution in [-0.2, 0) is 32.7 Å². The van der Waals surface area contributed by atoms with E-state index in [1.165, 1.54) is 32.1 Å². The summed E-state index contributed by atoms with van der Waals surface area (Å²) in [5.74, 6) is -0.859. The van der Waals surface area contributed by atoms with Gasteiger partial charge in [-0.05, 0) is 45.7 Å². The van der Waals surface area contributed by atoms with Gasteiger partial charge in [0.25, 0.3) is 0 Å². The van der Waals surface area contributed by atoms with E-state index in [1.807, 2.05) is 0 Å². The minimum Gasteiger partial charge on any atom is -0.462 e. The largest absolute Gasteiger partial charge is 0.462 e. The quantitative estimate of drug-likeness (QED) is 0.0492. The summed E-state index contributed by atoms with van der Waals surface area (Å²) in [6.07, 6.45) is 11.9. The number of hydrogen-bond donors (Lipinski definition) is 1. The average Bonchev–Trinajstić information content (AvgIpc) is 2.98. The van der Waals surface area contributed by atoms with Crippen LogP contribution in [0.2, 0.25) is 12.6 Å². The van der Waals surface area contributed by atoms with E-state index in [0.717, 1.165) is 31.7 Å². The Bertz CT molecular complexity index is 860. The summed E-state index contributed by atoms with van der Waals surface area (Å²) in [6, 6.07) is 0.803. The Kier molecular flexibility index (Phi) is 23.4. The van der Waals surface area contributed by atoms with Crippen molar-refractivity contribution in [3.8, 4) is 0 Å². The summed E-state index contributed by atoms with van der Waals surface area (Å²) < 4.78 is 21.2. The van der Waals surface area contributed by atoms with Gasteiger partial charge in [0.2, 0.25) is 0 Å². The van der Waals surface area contributed by atoms with Crippen molar-refractivity contribution in [1.82, 2.24) is 10.2 Å². The lowest BCUT2D eigenvalue weighted by atomic mass is 10.1. The Labute approximate surface area is 261 Å². The lowest BCUT2D eigenvalue weighted by Crippen LogP contribution is -2.42. The van der Waals surface area contributed by atoms with Crippen molar-refractivity contribution in [2.45, 2.75) is 110 Å². The number of carbonyl (C=O) groups is 4. The zero-order valence-corrected chi connectivity index (χ0v) is 28.6. The van der Waals surface area contributed by atoms with Gasteiger partial charge in [-0.25, -0.2) is 14.4 Å². The van der Waals surface area contributed by atoms with Crippen molar-refractivity contribution in [1.29, 1.82) is 0 Å². The molecule has 0 aromatic carbocycles. The maximum absolute atomic E-state index is 12.8. The summed E-state index contributed by atoms with van der Waals surface area (Å²) in [4.78, 5) is 49.8. The van der Waals surface area contributed by atoms with Crippen molar-refractivity contribution in [2.75, 3.05) is 47.1 Å². The standard InChI is InChI=1S/C32H58N2O8Si/c1-27(2)30(36)41-24-18-20-29(35)19-17-23-34(32(38)33-21-25-42-31(37)28(3)4)22-15-13-11-9-8-10-12-14-16-26-43(7,39-5)40-6/h1,3,8-26H2,2,4-7H3,(H,33,38). The van der Waals surface area contributed by atoms with Crippen molar-refractivity contribution in [2.24, 2.45) is 0 Å². The van der Waals surface area contributed by atoms with Gasteiger partial charge in [0, 0.05) is 51.3 Å². The highest BCUT2D eigenvalue weighted by molar-refractivity contribution is 6.65. The molecule has 0 heterocycles. The first-order valence-corrected chi connectivity index (χ1v) is 18.3. The molecule has 0 atom stereocenters. The summed E-state index contributed by atoms with van der Waals surface area (Å²) in [6.45, 7) is 13.9. The Hall–Kier alpha value is -2.50. The van der Waals surface area contributed by atoms with Crippen LogP contribution in [0.4, 0.5) is 4.79 Å². The van der Waals surface area contributed by atoms with E-state index in [2.05, 4.69) is 25.0 Å². The van der Waals surface area contributed by atoms with Gasteiger partial charge >= 0.3 is 26.5 Å². The second-order valence-electron chi connectivity index (χ2n) is 11.3. The lowest BCUT2D eigenvalue weighted by molar-refractivity contribution is -0.140. The molecule has 0 spiro atoms. The van der Waals surface area contributed by atoms with E-state index >= 15 is 0 Å². The zero-order valence-electron chi connectivity index (χ0n) is 27.6. The smallest absolute Gasteiger partial charge is 0.334 e. The molecule has 0 aliphatic heterocycles. The molecule has 0 bridgehead atoms. The van der Waals surface area contributed by atoms with Crippen LogP contribution in [-0.4, -0.2) is 84.3 Å². The van der Waals surface area contributed by atoms with Gasteiger partial charge in [-0.2, -0.15) is 0 Å². The highest BCUT2D eigenvalue weighted by atomic mass is 28.4. The molecule has 43 heavy (non-hydrogen) atoms. The molecule has 0 saturated heterocycles. The maximum Gasteiger partial charge on any atom is 0.334 e. The molecule has 0 unspecified atom stereocenters. The van der Waals surface area contributed by atoms with Gasteiger partial charge in [-0.15, -0.1) is 0 Å². The molecule has 10 nitrogen and oxygen atoms in total. The molecule has 0 aliphatic rings. The number of Topliss-reactive ketones (excluding diaryl/α,β-unsaturated/α-hetero) is 1. The second kappa shape index (κ2) is 24.9. The molecule has 0 aromatic rings. The topological polar surface area (TPSA) is 120 Å². The molecular weight excluding hydrogens is 568 g/mol. The van der Waals surface area contributed by atoms with Crippen molar-refractivity contribution < 1.29 is 37.5 Å². The molecule has 11 heteroatoms. The molecule has 0 saturated carbocycles. The molecule has 248 valence electrons. The molecular formula is C32H58N2O8Si. The SMILES string of the molecule is C=C(C)C(=O)OCCCC(=O)CCCN(CCCCCCCCCCC[Si](C)(OC)OC)C(=O)NCCOC(=O)C(=C)C. The summed E-state index contributed by atoms with van der Waals surface area (Å²) in [5.41, 5.74) is 0.643. The van der Waals surface area contributed by atoms with Crippen LogP contribution in [0.1, 0.15) is 97.3 Å². The van der Waals surface area contributed by atoms with Crippen molar-refractivity contribution in [3.05, 3.63) is 24.3 Å². The number of urea groups is 1. The fraction of sp³-hybridized carbons (Fsp3) is 0.750. The molecule has 0 aromatic heterocycles. The van der Waals surface area contributed by atoms with E-state index in [0.29, 0.717) is 49.9 Å². The van der Waals surface area contributed by atoms with Crippen LogP contribution in [0.5, 0.6) is 0 Å². The zero-order chi connectivity index (χ0) is 32.5. The van der Waals surface area contributed by atoms with Crippen LogP contribution < -0.4 is 5.32 Å². The Morgan fingerprint density at radius 1 is 0.674 bits per heavy atom. The summed E-state index contributed by atoms with van der Waals surface area (Å²) in [5, 5.41) is 2.81. The van der Waals surface area contributed by atoms with Gasteiger partial charge in [0.05, 0.1) is 13.2 Å². The van der Waals surface area contributed by atoms with E-state index in [4.69, 9.17) is 18.3 Å². The first-order chi connectivity index (χ1) is 20.5. The third kappa shape index (κ3) is 21.8. The third-order valence-electron chi connectivity index (χ3n) is 7.23. The predicted octanol–water partition coefficient (Wildman–Crippen LogP) is 6.24. The molecule has 0 fully saturated rings. The number of unbranched alkanes of at least 4 members (excludes halogenated alkanes) is 8. The molecule has 0 radical (unpaired) electrons. The van der Waals surface area contributed by atoms with Crippen molar-refractivity contribution in [3.63, 3.8) is 0 Å². The van der Waals surface area contributed by atoms with Gasteiger partial charge < -0.3 is 28.5 Å². The maximum atomic E-state index is 12.8. The van der Waals surface area contributed by atoms with Crippen molar-refractivity contribution >= 4 is 32.3 Å². The number of ether oxygens (including phenoxy) is 2. The number of esters is 2. The van der Waals surface area contributed by atoms with E-state index in [1.54, 1.807) is 33.0 Å². The fourth-order valence-electron chi connectivity index (χ4n) is 4.27. The third-order valence-corrected chi connectivity index (χ3v) is 10.2. The van der Waals surface area contributed by atoms with Crippen LogP contribution in [0.25, 0.3) is 0 Å². The number of rotatable bonds is 27. The number of hydrogen-bond acceptors (Lipinski definition) is 8. The molecule has 0 rings (SSSR count). The molecule has 1 N–H and O–H groups in total. The van der Waals surface area contributed by atoms with E-state index in [-0.39, 0.29) is 31.6 Å². The monoisotopic (exact) mass is 626 g/mol. The number of nitrogens with zero attached hydrogens (tertiary/aromatic N) is 1. The highest BCUT2D eigenvalue weighted by Crippen LogP contribution is 2.18. The second-order valence-corrected chi connectivity index (χ2v) is 14.9.